The minimum Gasteiger partial charge on any atom is -0.338 e. The quantitative estimate of drug-likeness (QED) is 0.836. The van der Waals surface area contributed by atoms with Crippen molar-refractivity contribution in [1.82, 2.24) is 25.3 Å². The third kappa shape index (κ3) is 4.82. The van der Waals surface area contributed by atoms with Gasteiger partial charge in [-0.2, -0.15) is 5.10 Å². The molecule has 3 amide bonds. The van der Waals surface area contributed by atoms with E-state index in [2.05, 4.69) is 15.7 Å². The SMILES string of the molecule is Cn1cc(CNC(=O)NCc2ccc(CN3CCCC3=O)cc2)cn1. The van der Waals surface area contributed by atoms with Crippen molar-refractivity contribution in [3.05, 3.63) is 53.3 Å². The Bertz CT molecular complexity index is 738. The number of benzene rings is 1. The van der Waals surface area contributed by atoms with Gasteiger partial charge in [0.25, 0.3) is 0 Å². The molecule has 1 fully saturated rings. The number of aromatic nitrogens is 2. The van der Waals surface area contributed by atoms with Crippen molar-refractivity contribution in [2.24, 2.45) is 7.05 Å². The summed E-state index contributed by atoms with van der Waals surface area (Å²) < 4.78 is 1.70. The lowest BCUT2D eigenvalue weighted by Crippen LogP contribution is -2.34. The van der Waals surface area contributed by atoms with Crippen LogP contribution >= 0.6 is 0 Å². The Labute approximate surface area is 147 Å². The summed E-state index contributed by atoms with van der Waals surface area (Å²) in [5.74, 6) is 0.232. The molecule has 1 aliphatic rings. The fraction of sp³-hybridized carbons (Fsp3) is 0.389. The molecule has 25 heavy (non-hydrogen) atoms. The van der Waals surface area contributed by atoms with Crippen LogP contribution in [-0.2, 0) is 31.5 Å². The van der Waals surface area contributed by atoms with Crippen LogP contribution in [0.15, 0.2) is 36.7 Å². The molecular weight excluding hydrogens is 318 g/mol. The molecule has 0 aliphatic carbocycles. The number of nitrogens with zero attached hydrogens (tertiary/aromatic N) is 3. The third-order valence-corrected chi connectivity index (χ3v) is 4.23. The Kier molecular flexibility index (Phi) is 5.33. The Hall–Kier alpha value is -2.83. The molecule has 2 N–H and O–H groups in total. The number of hydrogen-bond donors (Lipinski definition) is 2. The fourth-order valence-electron chi connectivity index (χ4n) is 2.84. The van der Waals surface area contributed by atoms with Crippen LogP contribution in [0, 0.1) is 0 Å². The number of nitrogens with one attached hydrogen (secondary N) is 2. The number of hydrogen-bond acceptors (Lipinski definition) is 3. The maximum atomic E-state index is 11.8. The summed E-state index contributed by atoms with van der Waals surface area (Å²) in [5.41, 5.74) is 3.09. The molecule has 1 aliphatic heterocycles. The van der Waals surface area contributed by atoms with E-state index >= 15 is 0 Å². The molecule has 1 saturated heterocycles. The lowest BCUT2D eigenvalue weighted by molar-refractivity contribution is -0.128. The van der Waals surface area contributed by atoms with Gasteiger partial charge >= 0.3 is 6.03 Å². The first-order valence-electron chi connectivity index (χ1n) is 8.45. The first kappa shape index (κ1) is 17.0. The van der Waals surface area contributed by atoms with Crippen LogP contribution in [0.5, 0.6) is 0 Å². The zero-order valence-electron chi connectivity index (χ0n) is 14.4. The van der Waals surface area contributed by atoms with Crippen molar-refractivity contribution >= 4 is 11.9 Å². The standard InChI is InChI=1S/C18H23N5O2/c1-22-12-16(11-21-22)10-20-18(25)19-9-14-4-6-15(7-5-14)13-23-8-2-3-17(23)24/h4-7,11-12H,2-3,8-10,13H2,1H3,(H2,19,20,25). The minimum absolute atomic E-state index is 0.212. The topological polar surface area (TPSA) is 79.3 Å². The highest BCUT2D eigenvalue weighted by atomic mass is 16.2. The number of amides is 3. The van der Waals surface area contributed by atoms with E-state index in [0.29, 0.717) is 26.1 Å². The van der Waals surface area contributed by atoms with Gasteiger partial charge in [0.15, 0.2) is 0 Å². The van der Waals surface area contributed by atoms with Gasteiger partial charge in [-0.15, -0.1) is 0 Å². The predicted octanol–water partition coefficient (Wildman–Crippen LogP) is 1.54. The largest absolute Gasteiger partial charge is 0.338 e. The van der Waals surface area contributed by atoms with Crippen LogP contribution in [0.1, 0.15) is 29.5 Å². The Balaban J connectivity index is 1.42. The molecule has 2 aromatic rings. The number of urea groups is 1. The number of aryl methyl sites for hydroxylation is 1. The van der Waals surface area contributed by atoms with Crippen molar-refractivity contribution in [3.63, 3.8) is 0 Å². The number of carbonyl (C=O) groups is 2. The molecule has 1 aromatic carbocycles. The number of carbonyl (C=O) groups excluding carboxylic acids is 2. The van der Waals surface area contributed by atoms with Gasteiger partial charge < -0.3 is 15.5 Å². The molecule has 0 atom stereocenters. The predicted molar refractivity (Wildman–Crippen MR) is 93.4 cm³/mol. The lowest BCUT2D eigenvalue weighted by atomic mass is 10.1. The maximum absolute atomic E-state index is 11.8. The smallest absolute Gasteiger partial charge is 0.315 e. The van der Waals surface area contributed by atoms with Crippen molar-refractivity contribution in [2.75, 3.05) is 6.54 Å². The highest BCUT2D eigenvalue weighted by Gasteiger charge is 2.19. The summed E-state index contributed by atoms with van der Waals surface area (Å²) in [7, 11) is 1.84. The van der Waals surface area contributed by atoms with E-state index in [-0.39, 0.29) is 11.9 Å². The van der Waals surface area contributed by atoms with E-state index in [1.54, 1.807) is 10.9 Å². The summed E-state index contributed by atoms with van der Waals surface area (Å²) in [6.45, 7) is 2.42. The molecule has 132 valence electrons. The van der Waals surface area contributed by atoms with Crippen LogP contribution in [0.25, 0.3) is 0 Å². The molecule has 0 spiro atoms. The second-order valence-electron chi connectivity index (χ2n) is 6.29. The third-order valence-electron chi connectivity index (χ3n) is 4.23. The van der Waals surface area contributed by atoms with Crippen LogP contribution in [-0.4, -0.2) is 33.2 Å². The van der Waals surface area contributed by atoms with Crippen LogP contribution in [0.4, 0.5) is 4.79 Å². The van der Waals surface area contributed by atoms with Crippen LogP contribution < -0.4 is 10.6 Å². The van der Waals surface area contributed by atoms with E-state index in [1.807, 2.05) is 42.4 Å². The summed E-state index contributed by atoms with van der Waals surface area (Å²) in [5, 5.41) is 9.69. The number of likely N-dealkylation sites (tertiary alicyclic amines) is 1. The van der Waals surface area contributed by atoms with Crippen molar-refractivity contribution in [3.8, 4) is 0 Å². The van der Waals surface area contributed by atoms with Gasteiger partial charge in [-0.05, 0) is 17.5 Å². The van der Waals surface area contributed by atoms with E-state index in [9.17, 15) is 9.59 Å². The van der Waals surface area contributed by atoms with E-state index in [0.717, 1.165) is 29.7 Å². The van der Waals surface area contributed by atoms with Gasteiger partial charge in [-0.25, -0.2) is 4.79 Å². The molecule has 0 bridgehead atoms. The van der Waals surface area contributed by atoms with E-state index in [1.165, 1.54) is 0 Å². The molecule has 1 aromatic heterocycles. The first-order chi connectivity index (χ1) is 12.1. The molecule has 7 nitrogen and oxygen atoms in total. The Morgan fingerprint density at radius 2 is 1.80 bits per heavy atom. The lowest BCUT2D eigenvalue weighted by Gasteiger charge is -2.15. The van der Waals surface area contributed by atoms with Crippen molar-refractivity contribution in [2.45, 2.75) is 32.5 Å². The van der Waals surface area contributed by atoms with Gasteiger partial charge in [0.1, 0.15) is 0 Å². The second-order valence-corrected chi connectivity index (χ2v) is 6.29. The molecule has 2 heterocycles. The average molecular weight is 341 g/mol. The Morgan fingerprint density at radius 1 is 1.12 bits per heavy atom. The molecule has 7 heteroatoms. The minimum atomic E-state index is -0.212. The normalized spacial score (nSPS) is 14.0. The first-order valence-corrected chi connectivity index (χ1v) is 8.45. The fourth-order valence-corrected chi connectivity index (χ4v) is 2.84. The molecule has 0 radical (unpaired) electrons. The molecule has 3 rings (SSSR count). The summed E-state index contributed by atoms with van der Waals surface area (Å²) >= 11 is 0. The van der Waals surface area contributed by atoms with Gasteiger partial charge in [0.2, 0.25) is 5.91 Å². The summed E-state index contributed by atoms with van der Waals surface area (Å²) in [4.78, 5) is 25.4. The zero-order chi connectivity index (χ0) is 17.6. The maximum Gasteiger partial charge on any atom is 0.315 e. The summed E-state index contributed by atoms with van der Waals surface area (Å²) in [6.07, 6.45) is 5.21. The van der Waals surface area contributed by atoms with Crippen molar-refractivity contribution in [1.29, 1.82) is 0 Å². The second kappa shape index (κ2) is 7.83. The van der Waals surface area contributed by atoms with Gasteiger partial charge in [0.05, 0.1) is 6.20 Å². The molecule has 0 unspecified atom stereocenters. The number of rotatable bonds is 6. The van der Waals surface area contributed by atoms with Crippen LogP contribution in [0.3, 0.4) is 0 Å². The van der Waals surface area contributed by atoms with E-state index < -0.39 is 0 Å². The highest BCUT2D eigenvalue weighted by molar-refractivity contribution is 5.78. The van der Waals surface area contributed by atoms with Gasteiger partial charge in [0, 0.05) is 51.4 Å². The van der Waals surface area contributed by atoms with Crippen molar-refractivity contribution < 1.29 is 9.59 Å². The summed E-state index contributed by atoms with van der Waals surface area (Å²) in [6, 6.07) is 7.77. The molecule has 0 saturated carbocycles. The zero-order valence-corrected chi connectivity index (χ0v) is 14.4. The van der Waals surface area contributed by atoms with Gasteiger partial charge in [-0.1, -0.05) is 24.3 Å². The van der Waals surface area contributed by atoms with E-state index in [4.69, 9.17) is 0 Å². The van der Waals surface area contributed by atoms with Gasteiger partial charge in [-0.3, -0.25) is 9.48 Å². The average Bonchev–Trinajstić information content (AvgIpc) is 3.21. The highest BCUT2D eigenvalue weighted by Crippen LogP contribution is 2.14. The monoisotopic (exact) mass is 341 g/mol. The Morgan fingerprint density at radius 3 is 2.40 bits per heavy atom. The molecular formula is C18H23N5O2. The van der Waals surface area contributed by atoms with Crippen LogP contribution in [0.2, 0.25) is 0 Å².